The third-order valence-electron chi connectivity index (χ3n) is 2.03. The minimum absolute atomic E-state index is 0.141. The molecule has 0 aliphatic rings. The molecule has 0 aliphatic heterocycles. The van der Waals surface area contributed by atoms with Gasteiger partial charge in [-0.15, -0.1) is 0 Å². The van der Waals surface area contributed by atoms with Gasteiger partial charge in [-0.25, -0.2) is 0 Å². The molecule has 0 atom stereocenters. The van der Waals surface area contributed by atoms with Gasteiger partial charge in [0.1, 0.15) is 0 Å². The Morgan fingerprint density at radius 2 is 2.21 bits per heavy atom. The zero-order chi connectivity index (χ0) is 10.6. The molecule has 76 valence electrons. The summed E-state index contributed by atoms with van der Waals surface area (Å²) in [6, 6.07) is 5.54. The summed E-state index contributed by atoms with van der Waals surface area (Å²) in [5.41, 5.74) is 1.65. The maximum absolute atomic E-state index is 11.7. The van der Waals surface area contributed by atoms with Crippen molar-refractivity contribution in [3.63, 3.8) is 0 Å². The van der Waals surface area contributed by atoms with E-state index in [1.165, 1.54) is 0 Å². The van der Waals surface area contributed by atoms with Crippen molar-refractivity contribution in [1.82, 2.24) is 0 Å². The van der Waals surface area contributed by atoms with Gasteiger partial charge in [-0.05, 0) is 24.8 Å². The van der Waals surface area contributed by atoms with Crippen molar-refractivity contribution >= 4 is 29.1 Å². The first-order valence-electron chi connectivity index (χ1n) is 4.44. The summed E-state index contributed by atoms with van der Waals surface area (Å²) in [6.45, 7) is 1.91. The Bertz CT molecular complexity index is 316. The van der Waals surface area contributed by atoms with E-state index >= 15 is 0 Å². The van der Waals surface area contributed by atoms with Gasteiger partial charge in [-0.2, -0.15) is 11.8 Å². The molecule has 0 fully saturated rings. The molecular weight excluding hydrogens is 216 g/mol. The summed E-state index contributed by atoms with van der Waals surface area (Å²) < 4.78 is 0. The Balaban J connectivity index is 2.89. The topological polar surface area (TPSA) is 17.1 Å². The number of hydrogen-bond donors (Lipinski definition) is 0. The molecule has 0 unspecified atom stereocenters. The molecule has 1 aromatic rings. The molecule has 1 aromatic carbocycles. The van der Waals surface area contributed by atoms with E-state index in [1.807, 2.05) is 25.3 Å². The predicted octanol–water partition coefficient (Wildman–Crippen LogP) is 3.58. The van der Waals surface area contributed by atoms with Crippen LogP contribution < -0.4 is 0 Å². The van der Waals surface area contributed by atoms with E-state index in [0.717, 1.165) is 11.3 Å². The summed E-state index contributed by atoms with van der Waals surface area (Å²) in [5, 5.41) is 0.566. The van der Waals surface area contributed by atoms with Crippen molar-refractivity contribution in [2.75, 3.05) is 12.0 Å². The predicted molar refractivity (Wildman–Crippen MR) is 63.5 cm³/mol. The van der Waals surface area contributed by atoms with Crippen LogP contribution in [0.2, 0.25) is 5.02 Å². The van der Waals surface area contributed by atoms with Crippen molar-refractivity contribution in [2.45, 2.75) is 13.3 Å². The molecule has 0 heterocycles. The third kappa shape index (κ3) is 2.76. The summed E-state index contributed by atoms with van der Waals surface area (Å²) in [6.07, 6.45) is 2.55. The fraction of sp³-hybridized carbons (Fsp3) is 0.364. The average Bonchev–Trinajstić information content (AvgIpc) is 2.14. The molecule has 0 aliphatic carbocycles. The van der Waals surface area contributed by atoms with Gasteiger partial charge in [-0.3, -0.25) is 4.79 Å². The molecule has 1 nitrogen and oxygen atoms in total. The third-order valence-corrected chi connectivity index (χ3v) is 2.96. The molecule has 1 rings (SSSR count). The number of benzene rings is 1. The van der Waals surface area contributed by atoms with Crippen molar-refractivity contribution in [3.05, 3.63) is 34.3 Å². The van der Waals surface area contributed by atoms with E-state index in [0.29, 0.717) is 17.0 Å². The number of Topliss-reactive ketones (excluding diaryl/α,β-unsaturated/α-hetero) is 1. The second-order valence-electron chi connectivity index (χ2n) is 3.10. The smallest absolute Gasteiger partial charge is 0.165 e. The van der Waals surface area contributed by atoms with E-state index < -0.39 is 0 Å². The highest BCUT2D eigenvalue weighted by molar-refractivity contribution is 7.98. The lowest BCUT2D eigenvalue weighted by molar-refractivity contribution is 0.0989. The second-order valence-corrected chi connectivity index (χ2v) is 4.49. The lowest BCUT2D eigenvalue weighted by Gasteiger charge is -2.06. The van der Waals surface area contributed by atoms with Gasteiger partial charge in [-0.1, -0.05) is 23.7 Å². The van der Waals surface area contributed by atoms with Crippen molar-refractivity contribution in [3.8, 4) is 0 Å². The summed E-state index contributed by atoms with van der Waals surface area (Å²) in [4.78, 5) is 11.7. The van der Waals surface area contributed by atoms with Crippen LogP contribution in [0.15, 0.2) is 18.2 Å². The molecule has 14 heavy (non-hydrogen) atoms. The number of ketones is 1. The highest BCUT2D eigenvalue weighted by Crippen LogP contribution is 2.21. The fourth-order valence-electron chi connectivity index (χ4n) is 1.30. The van der Waals surface area contributed by atoms with Gasteiger partial charge in [0.15, 0.2) is 5.78 Å². The Hall–Kier alpha value is -0.470. The molecule has 0 saturated carbocycles. The van der Waals surface area contributed by atoms with E-state index in [2.05, 4.69) is 0 Å². The van der Waals surface area contributed by atoms with Crippen LogP contribution in [0, 0.1) is 6.92 Å². The van der Waals surface area contributed by atoms with Gasteiger partial charge in [0, 0.05) is 17.7 Å². The molecule has 3 heteroatoms. The number of aryl methyl sites for hydroxylation is 1. The van der Waals surface area contributed by atoms with Crippen LogP contribution in [-0.4, -0.2) is 17.8 Å². The zero-order valence-corrected chi connectivity index (χ0v) is 9.91. The maximum atomic E-state index is 11.7. The monoisotopic (exact) mass is 228 g/mol. The van der Waals surface area contributed by atoms with Crippen molar-refractivity contribution in [2.24, 2.45) is 0 Å². The van der Waals surface area contributed by atoms with E-state index in [9.17, 15) is 4.79 Å². The second kappa shape index (κ2) is 5.42. The van der Waals surface area contributed by atoms with Gasteiger partial charge < -0.3 is 0 Å². The van der Waals surface area contributed by atoms with Crippen molar-refractivity contribution in [1.29, 1.82) is 0 Å². The lowest BCUT2D eigenvalue weighted by Crippen LogP contribution is -2.03. The number of carbonyl (C=O) groups is 1. The number of carbonyl (C=O) groups excluding carboxylic acids is 1. The molecular formula is C11H13ClOS. The van der Waals surface area contributed by atoms with E-state index in [-0.39, 0.29) is 5.78 Å². The number of hydrogen-bond acceptors (Lipinski definition) is 2. The Morgan fingerprint density at radius 3 is 2.79 bits per heavy atom. The van der Waals surface area contributed by atoms with Gasteiger partial charge >= 0.3 is 0 Å². The minimum atomic E-state index is 0.141. The normalized spacial score (nSPS) is 10.2. The first-order chi connectivity index (χ1) is 6.66. The minimum Gasteiger partial charge on any atom is -0.294 e. The Morgan fingerprint density at radius 1 is 1.50 bits per heavy atom. The quantitative estimate of drug-likeness (QED) is 0.733. The number of rotatable bonds is 4. The Kier molecular flexibility index (Phi) is 4.49. The van der Waals surface area contributed by atoms with Crippen LogP contribution in [0.1, 0.15) is 22.3 Å². The van der Waals surface area contributed by atoms with Crippen LogP contribution >= 0.6 is 23.4 Å². The Labute approximate surface area is 93.8 Å². The van der Waals surface area contributed by atoms with Crippen LogP contribution in [0.25, 0.3) is 0 Å². The first kappa shape index (κ1) is 11.6. The molecule has 0 saturated heterocycles. The average molecular weight is 229 g/mol. The van der Waals surface area contributed by atoms with Gasteiger partial charge in [0.25, 0.3) is 0 Å². The summed E-state index contributed by atoms with van der Waals surface area (Å²) >= 11 is 7.65. The summed E-state index contributed by atoms with van der Waals surface area (Å²) in [7, 11) is 0. The maximum Gasteiger partial charge on any atom is 0.165 e. The fourth-order valence-corrected chi connectivity index (χ4v) is 2.02. The van der Waals surface area contributed by atoms with Gasteiger partial charge in [0.05, 0.1) is 5.02 Å². The molecule has 0 spiro atoms. The van der Waals surface area contributed by atoms with E-state index in [4.69, 9.17) is 11.6 Å². The first-order valence-corrected chi connectivity index (χ1v) is 6.21. The lowest BCUT2D eigenvalue weighted by atomic mass is 10.0. The molecule has 0 amide bonds. The molecule has 0 radical (unpaired) electrons. The molecule has 0 aromatic heterocycles. The van der Waals surface area contributed by atoms with Crippen LogP contribution in [-0.2, 0) is 0 Å². The molecule has 0 bridgehead atoms. The van der Waals surface area contributed by atoms with Gasteiger partial charge in [0.2, 0.25) is 0 Å². The van der Waals surface area contributed by atoms with Crippen LogP contribution in [0.5, 0.6) is 0 Å². The van der Waals surface area contributed by atoms with Crippen LogP contribution in [0.4, 0.5) is 0 Å². The largest absolute Gasteiger partial charge is 0.294 e. The van der Waals surface area contributed by atoms with Crippen LogP contribution in [0.3, 0.4) is 0 Å². The number of thioether (sulfide) groups is 1. The highest BCUT2D eigenvalue weighted by atomic mass is 35.5. The molecule has 0 N–H and O–H groups in total. The zero-order valence-electron chi connectivity index (χ0n) is 8.34. The standard InChI is InChI=1S/C11H13ClOS/c1-8-4-3-5-9(12)11(8)10(13)6-7-14-2/h3-5H,6-7H2,1-2H3. The highest BCUT2D eigenvalue weighted by Gasteiger charge is 2.11. The SMILES string of the molecule is CSCCC(=O)c1c(C)cccc1Cl. The summed E-state index contributed by atoms with van der Waals surface area (Å²) in [5.74, 6) is 0.992. The number of halogens is 1. The van der Waals surface area contributed by atoms with Crippen molar-refractivity contribution < 1.29 is 4.79 Å². The van der Waals surface area contributed by atoms with E-state index in [1.54, 1.807) is 17.8 Å².